The van der Waals surface area contributed by atoms with Gasteiger partial charge in [0.1, 0.15) is 11.3 Å². The number of benzene rings is 1. The predicted molar refractivity (Wildman–Crippen MR) is 95.4 cm³/mol. The molecule has 0 aliphatic heterocycles. The number of pyridine rings is 1. The van der Waals surface area contributed by atoms with Crippen LogP contribution in [0.3, 0.4) is 0 Å². The highest BCUT2D eigenvalue weighted by Gasteiger charge is 2.13. The van der Waals surface area contributed by atoms with Crippen LogP contribution in [0.1, 0.15) is 11.5 Å². The van der Waals surface area contributed by atoms with E-state index < -0.39 is 18.2 Å². The number of aryl methyl sites for hydroxylation is 1. The van der Waals surface area contributed by atoms with Crippen LogP contribution in [0.15, 0.2) is 48.9 Å². The number of hydrogen-bond donors (Lipinski definition) is 0. The summed E-state index contributed by atoms with van der Waals surface area (Å²) in [5.41, 5.74) is 3.30. The maximum atomic E-state index is 13.7. The number of nitrogens with zero attached hydrogens (tertiary/aromatic N) is 5. The van der Waals surface area contributed by atoms with Gasteiger partial charge in [-0.2, -0.15) is 13.9 Å². The van der Waals surface area contributed by atoms with E-state index in [-0.39, 0.29) is 0 Å². The van der Waals surface area contributed by atoms with Gasteiger partial charge < -0.3 is 4.74 Å². The second kappa shape index (κ2) is 7.26. The highest BCUT2D eigenvalue weighted by atomic mass is 19.3. The molecule has 0 aliphatic carbocycles. The molecule has 0 atom stereocenters. The molecule has 0 saturated carbocycles. The fourth-order valence-electron chi connectivity index (χ4n) is 2.86. The van der Waals surface area contributed by atoms with Gasteiger partial charge in [0.05, 0.1) is 24.0 Å². The predicted octanol–water partition coefficient (Wildman–Crippen LogP) is 3.99. The van der Waals surface area contributed by atoms with Crippen molar-refractivity contribution in [3.8, 4) is 16.9 Å². The molecule has 28 heavy (non-hydrogen) atoms. The van der Waals surface area contributed by atoms with Crippen molar-refractivity contribution in [2.45, 2.75) is 20.1 Å². The lowest BCUT2D eigenvalue weighted by Crippen LogP contribution is -2.05. The summed E-state index contributed by atoms with van der Waals surface area (Å²) in [5.74, 6) is -0.717. The van der Waals surface area contributed by atoms with Gasteiger partial charge in [-0.1, -0.05) is 6.07 Å². The van der Waals surface area contributed by atoms with Crippen molar-refractivity contribution < 1.29 is 17.9 Å². The van der Waals surface area contributed by atoms with Crippen molar-refractivity contribution >= 4 is 11.0 Å². The molecular formula is C19H14F3N5O. The highest BCUT2D eigenvalue weighted by Crippen LogP contribution is 2.29. The van der Waals surface area contributed by atoms with Crippen molar-refractivity contribution in [2.24, 2.45) is 0 Å². The lowest BCUT2D eigenvalue weighted by molar-refractivity contribution is -0.0521. The third kappa shape index (κ3) is 3.64. The molecule has 0 unspecified atom stereocenters. The van der Waals surface area contributed by atoms with Gasteiger partial charge in [0.15, 0.2) is 11.6 Å². The Morgan fingerprint density at radius 2 is 1.93 bits per heavy atom. The van der Waals surface area contributed by atoms with E-state index in [4.69, 9.17) is 0 Å². The fourth-order valence-corrected chi connectivity index (χ4v) is 2.86. The lowest BCUT2D eigenvalue weighted by atomic mass is 10.1. The summed E-state index contributed by atoms with van der Waals surface area (Å²) < 4.78 is 44.6. The number of ether oxygens (including phenoxy) is 1. The molecule has 0 bridgehead atoms. The summed E-state index contributed by atoms with van der Waals surface area (Å²) in [6.45, 7) is -0.887. The summed E-state index contributed by atoms with van der Waals surface area (Å²) in [6, 6.07) is 7.39. The fraction of sp³-hybridized carbons (Fsp3) is 0.158. The zero-order valence-electron chi connectivity index (χ0n) is 14.7. The molecule has 4 rings (SSSR count). The topological polar surface area (TPSA) is 65.7 Å². The normalized spacial score (nSPS) is 11.3. The van der Waals surface area contributed by atoms with Gasteiger partial charge in [-0.05, 0) is 36.8 Å². The van der Waals surface area contributed by atoms with E-state index in [0.717, 1.165) is 17.3 Å². The Kier molecular flexibility index (Phi) is 4.64. The van der Waals surface area contributed by atoms with Crippen LogP contribution in [0.2, 0.25) is 0 Å². The van der Waals surface area contributed by atoms with Crippen molar-refractivity contribution in [1.29, 1.82) is 0 Å². The monoisotopic (exact) mass is 385 g/mol. The Bertz CT molecular complexity index is 1150. The minimum absolute atomic E-state index is 0.418. The molecule has 4 aromatic rings. The van der Waals surface area contributed by atoms with Crippen LogP contribution >= 0.6 is 0 Å². The summed E-state index contributed by atoms with van der Waals surface area (Å²) in [7, 11) is 0. The number of rotatable bonds is 5. The molecule has 9 heteroatoms. The second-order valence-corrected chi connectivity index (χ2v) is 6.05. The zero-order chi connectivity index (χ0) is 19.7. The number of fused-ring (bicyclic) bond motifs is 1. The first-order valence-corrected chi connectivity index (χ1v) is 8.34. The lowest BCUT2D eigenvalue weighted by Gasteiger charge is -2.09. The van der Waals surface area contributed by atoms with Crippen molar-refractivity contribution in [3.63, 3.8) is 0 Å². The minimum atomic E-state index is -3.11. The summed E-state index contributed by atoms with van der Waals surface area (Å²) >= 11 is 0. The van der Waals surface area contributed by atoms with E-state index in [1.807, 2.05) is 6.07 Å². The first kappa shape index (κ1) is 17.9. The van der Waals surface area contributed by atoms with Gasteiger partial charge in [0.25, 0.3) is 0 Å². The SMILES string of the molecule is Cc1nccc(Cn2ncc3ncc(-c4ccc(F)c(OC(F)F)c4)cc32)n1. The molecule has 0 spiro atoms. The highest BCUT2D eigenvalue weighted by molar-refractivity contribution is 5.80. The zero-order valence-corrected chi connectivity index (χ0v) is 14.7. The van der Waals surface area contributed by atoms with Crippen molar-refractivity contribution in [1.82, 2.24) is 24.7 Å². The molecule has 142 valence electrons. The Morgan fingerprint density at radius 3 is 2.71 bits per heavy atom. The number of halogens is 3. The number of aromatic nitrogens is 5. The minimum Gasteiger partial charge on any atom is -0.432 e. The maximum Gasteiger partial charge on any atom is 0.387 e. The molecule has 1 aromatic carbocycles. The first-order chi connectivity index (χ1) is 13.5. The van der Waals surface area contributed by atoms with Gasteiger partial charge in [-0.25, -0.2) is 14.4 Å². The van der Waals surface area contributed by atoms with E-state index in [1.165, 1.54) is 12.1 Å². The van der Waals surface area contributed by atoms with Crippen molar-refractivity contribution in [3.05, 3.63) is 66.3 Å². The molecule has 0 saturated heterocycles. The van der Waals surface area contributed by atoms with E-state index in [9.17, 15) is 13.2 Å². The summed E-state index contributed by atoms with van der Waals surface area (Å²) in [5, 5.41) is 4.34. The molecular weight excluding hydrogens is 371 g/mol. The van der Waals surface area contributed by atoms with Gasteiger partial charge in [0, 0.05) is 18.0 Å². The molecule has 3 heterocycles. The molecule has 0 amide bonds. The van der Waals surface area contributed by atoms with Gasteiger partial charge in [0.2, 0.25) is 0 Å². The van der Waals surface area contributed by atoms with Gasteiger partial charge in [-0.15, -0.1) is 0 Å². The largest absolute Gasteiger partial charge is 0.432 e. The number of hydrogen-bond acceptors (Lipinski definition) is 5. The maximum absolute atomic E-state index is 13.7. The van der Waals surface area contributed by atoms with Crippen LogP contribution in [0, 0.1) is 12.7 Å². The molecule has 0 radical (unpaired) electrons. The van der Waals surface area contributed by atoms with E-state index in [0.29, 0.717) is 29.0 Å². The van der Waals surface area contributed by atoms with Gasteiger partial charge >= 0.3 is 6.61 Å². The van der Waals surface area contributed by atoms with Crippen molar-refractivity contribution in [2.75, 3.05) is 0 Å². The third-order valence-electron chi connectivity index (χ3n) is 4.12. The van der Waals surface area contributed by atoms with E-state index >= 15 is 0 Å². The Morgan fingerprint density at radius 1 is 1.07 bits per heavy atom. The van der Waals surface area contributed by atoms with Crippen LogP contribution in [0.5, 0.6) is 5.75 Å². The molecule has 0 fully saturated rings. The Balaban J connectivity index is 1.72. The van der Waals surface area contributed by atoms with Crippen LogP contribution < -0.4 is 4.74 Å². The number of alkyl halides is 2. The summed E-state index contributed by atoms with van der Waals surface area (Å²) in [6.07, 6.45) is 4.88. The first-order valence-electron chi connectivity index (χ1n) is 8.34. The van der Waals surface area contributed by atoms with E-state index in [2.05, 4.69) is 24.8 Å². The van der Waals surface area contributed by atoms with Crippen LogP contribution in [0.4, 0.5) is 13.2 Å². The second-order valence-electron chi connectivity index (χ2n) is 6.05. The van der Waals surface area contributed by atoms with Gasteiger partial charge in [-0.3, -0.25) is 9.67 Å². The van der Waals surface area contributed by atoms with Crippen LogP contribution in [-0.4, -0.2) is 31.3 Å². The standard InChI is InChI=1S/C19H14F3N5O/c1-11-23-5-4-14(26-11)10-27-17-6-13(8-24-16(17)9-25-27)12-2-3-15(20)18(7-12)28-19(21)22/h2-9,19H,10H2,1H3. The molecule has 3 aromatic heterocycles. The molecule has 6 nitrogen and oxygen atoms in total. The van der Waals surface area contributed by atoms with Crippen LogP contribution in [0.25, 0.3) is 22.2 Å². The third-order valence-corrected chi connectivity index (χ3v) is 4.12. The smallest absolute Gasteiger partial charge is 0.387 e. The molecule has 0 aliphatic rings. The Hall–Kier alpha value is -3.49. The average Bonchev–Trinajstić information content (AvgIpc) is 3.05. The molecule has 0 N–H and O–H groups in total. The average molecular weight is 385 g/mol. The Labute approximate surface area is 157 Å². The quantitative estimate of drug-likeness (QED) is 0.520. The van der Waals surface area contributed by atoms with Crippen LogP contribution in [-0.2, 0) is 6.54 Å². The van der Waals surface area contributed by atoms with E-state index in [1.54, 1.807) is 36.3 Å². The summed E-state index contributed by atoms with van der Waals surface area (Å²) in [4.78, 5) is 12.8.